The number of methoxy groups -OCH3 is 1. The molecule has 2 aromatic carbocycles. The summed E-state index contributed by atoms with van der Waals surface area (Å²) in [7, 11) is 1.70. The molecule has 0 saturated carbocycles. The van der Waals surface area contributed by atoms with Crippen LogP contribution >= 0.6 is 12.2 Å². The largest absolute Gasteiger partial charge is 0.494 e. The monoisotopic (exact) mass is 492 g/mol. The molecule has 1 aliphatic rings. The van der Waals surface area contributed by atoms with Crippen LogP contribution in [0, 0.1) is 0 Å². The lowest BCUT2D eigenvalue weighted by Crippen LogP contribution is -2.46. The number of hydrogen-bond acceptors (Lipinski definition) is 6. The van der Waals surface area contributed by atoms with Crippen LogP contribution in [0.2, 0.25) is 0 Å². The zero-order valence-corrected chi connectivity index (χ0v) is 21.5. The summed E-state index contributed by atoms with van der Waals surface area (Å²) in [4.78, 5) is 6.87. The van der Waals surface area contributed by atoms with Crippen molar-refractivity contribution >= 4 is 22.9 Å². The van der Waals surface area contributed by atoms with Gasteiger partial charge in [-0.15, -0.1) is 0 Å². The van der Waals surface area contributed by atoms with Crippen molar-refractivity contribution in [3.05, 3.63) is 71.2 Å². The molecule has 1 atom stereocenters. The van der Waals surface area contributed by atoms with Crippen molar-refractivity contribution in [3.8, 4) is 17.1 Å². The van der Waals surface area contributed by atoms with Gasteiger partial charge in [-0.2, -0.15) is 4.98 Å². The molecule has 2 heterocycles. The molecule has 0 bridgehead atoms. The van der Waals surface area contributed by atoms with Crippen molar-refractivity contribution in [2.45, 2.75) is 39.7 Å². The first kappa shape index (κ1) is 24.9. The molecule has 3 aromatic rings. The average Bonchev–Trinajstić information content (AvgIpc) is 3.36. The Hall–Kier alpha value is -3.23. The van der Waals surface area contributed by atoms with Crippen molar-refractivity contribution in [2.75, 3.05) is 26.9 Å². The minimum atomic E-state index is -0.229. The molecule has 184 valence electrons. The van der Waals surface area contributed by atoms with E-state index in [0.717, 1.165) is 47.5 Å². The second-order valence-electron chi connectivity index (χ2n) is 8.36. The van der Waals surface area contributed by atoms with E-state index in [9.17, 15) is 0 Å². The van der Waals surface area contributed by atoms with Gasteiger partial charge < -0.3 is 24.2 Å². The molecule has 1 unspecified atom stereocenters. The van der Waals surface area contributed by atoms with Crippen LogP contribution < -0.4 is 10.1 Å². The Labute approximate surface area is 212 Å². The summed E-state index contributed by atoms with van der Waals surface area (Å²) in [5.41, 5.74) is 5.12. The summed E-state index contributed by atoms with van der Waals surface area (Å²) in [6.45, 7) is 8.16. The summed E-state index contributed by atoms with van der Waals surface area (Å²) in [5.74, 6) is 1.86. The number of aromatic nitrogens is 2. The third-order valence-electron chi connectivity index (χ3n) is 6.13. The minimum absolute atomic E-state index is 0.229. The van der Waals surface area contributed by atoms with Crippen LogP contribution in [0.15, 0.2) is 58.8 Å². The predicted octanol–water partition coefficient (Wildman–Crippen LogP) is 5.40. The Morgan fingerprint density at radius 2 is 1.83 bits per heavy atom. The first-order valence-electron chi connectivity index (χ1n) is 12.0. The summed E-state index contributed by atoms with van der Waals surface area (Å²) in [6, 6.07) is 16.0. The molecule has 0 fully saturated rings. The topological polar surface area (TPSA) is 72.7 Å². The van der Waals surface area contributed by atoms with E-state index in [1.165, 1.54) is 5.56 Å². The third-order valence-corrected chi connectivity index (χ3v) is 6.47. The molecular formula is C27H32N4O3S. The van der Waals surface area contributed by atoms with Crippen molar-refractivity contribution in [3.63, 3.8) is 0 Å². The molecule has 1 aliphatic heterocycles. The zero-order valence-electron chi connectivity index (χ0n) is 20.7. The van der Waals surface area contributed by atoms with Crippen LogP contribution in [0.5, 0.6) is 5.75 Å². The van der Waals surface area contributed by atoms with Crippen LogP contribution in [-0.4, -0.2) is 47.0 Å². The summed E-state index contributed by atoms with van der Waals surface area (Å²) in [5, 5.41) is 8.46. The quantitative estimate of drug-likeness (QED) is 0.298. The Morgan fingerprint density at radius 3 is 2.49 bits per heavy atom. The van der Waals surface area contributed by atoms with Gasteiger partial charge in [0.25, 0.3) is 5.89 Å². The van der Waals surface area contributed by atoms with Gasteiger partial charge in [-0.05, 0) is 62.2 Å². The first-order chi connectivity index (χ1) is 17.0. The third kappa shape index (κ3) is 5.55. The smallest absolute Gasteiger partial charge is 0.258 e. The van der Waals surface area contributed by atoms with E-state index in [1.807, 2.05) is 43.3 Å². The fourth-order valence-corrected chi connectivity index (χ4v) is 4.55. The SMILES string of the molecule is CCOc1ccc(C2NC(=S)N(CCCOC)C(C)=C2c2nc(-c3ccc(CC)cc3)no2)cc1. The number of allylic oxidation sites excluding steroid dienone is 1. The van der Waals surface area contributed by atoms with Gasteiger partial charge in [-0.1, -0.05) is 48.5 Å². The molecule has 35 heavy (non-hydrogen) atoms. The van der Waals surface area contributed by atoms with Crippen molar-refractivity contribution in [1.29, 1.82) is 0 Å². The molecule has 4 rings (SSSR count). The lowest BCUT2D eigenvalue weighted by Gasteiger charge is -2.37. The Morgan fingerprint density at radius 1 is 1.09 bits per heavy atom. The zero-order chi connectivity index (χ0) is 24.8. The lowest BCUT2D eigenvalue weighted by atomic mass is 9.94. The second-order valence-corrected chi connectivity index (χ2v) is 8.74. The normalized spacial score (nSPS) is 15.9. The Kier molecular flexibility index (Phi) is 8.15. The second kappa shape index (κ2) is 11.5. The van der Waals surface area contributed by atoms with Crippen molar-refractivity contribution in [2.24, 2.45) is 0 Å². The van der Waals surface area contributed by atoms with E-state index in [1.54, 1.807) is 7.11 Å². The molecule has 0 radical (unpaired) electrons. The number of nitrogens with one attached hydrogen (secondary N) is 1. The fraction of sp³-hybridized carbons (Fsp3) is 0.370. The average molecular weight is 493 g/mol. The number of aryl methyl sites for hydroxylation is 1. The van der Waals surface area contributed by atoms with E-state index >= 15 is 0 Å². The molecule has 0 amide bonds. The highest BCUT2D eigenvalue weighted by Gasteiger charge is 2.34. The number of benzene rings is 2. The maximum Gasteiger partial charge on any atom is 0.258 e. The molecule has 8 heteroatoms. The molecule has 1 N–H and O–H groups in total. The van der Waals surface area contributed by atoms with E-state index in [2.05, 4.69) is 41.4 Å². The minimum Gasteiger partial charge on any atom is -0.494 e. The van der Waals surface area contributed by atoms with Gasteiger partial charge in [0.2, 0.25) is 5.82 Å². The predicted molar refractivity (Wildman–Crippen MR) is 141 cm³/mol. The molecular weight excluding hydrogens is 460 g/mol. The standard InChI is InChI=1S/C27H32N4O3S/c1-5-19-8-10-21(11-9-19)25-29-26(34-30-25)23-18(3)31(16-7-17-32-4)27(35)28-24(23)20-12-14-22(15-13-20)33-6-2/h8-15,24H,5-7,16-17H2,1-4H3,(H,28,35). The lowest BCUT2D eigenvalue weighted by molar-refractivity contribution is 0.188. The fourth-order valence-electron chi connectivity index (χ4n) is 4.21. The number of hydrogen-bond donors (Lipinski definition) is 1. The molecule has 0 aliphatic carbocycles. The van der Waals surface area contributed by atoms with Gasteiger partial charge in [0.1, 0.15) is 5.75 Å². The van der Waals surface area contributed by atoms with Gasteiger partial charge in [0, 0.05) is 31.5 Å². The molecule has 7 nitrogen and oxygen atoms in total. The maximum atomic E-state index is 5.83. The summed E-state index contributed by atoms with van der Waals surface area (Å²) >= 11 is 5.76. The van der Waals surface area contributed by atoms with Crippen LogP contribution in [-0.2, 0) is 11.2 Å². The number of nitrogens with zero attached hydrogens (tertiary/aromatic N) is 3. The number of ether oxygens (including phenoxy) is 2. The highest BCUT2D eigenvalue weighted by Crippen LogP contribution is 2.38. The maximum absolute atomic E-state index is 5.83. The van der Waals surface area contributed by atoms with E-state index in [4.69, 9.17) is 31.2 Å². The van der Waals surface area contributed by atoms with Gasteiger partial charge >= 0.3 is 0 Å². The van der Waals surface area contributed by atoms with Gasteiger partial charge in [0.05, 0.1) is 18.2 Å². The highest BCUT2D eigenvalue weighted by atomic mass is 32.1. The van der Waals surface area contributed by atoms with Crippen LogP contribution in [0.4, 0.5) is 0 Å². The van der Waals surface area contributed by atoms with Crippen molar-refractivity contribution < 1.29 is 14.0 Å². The van der Waals surface area contributed by atoms with Gasteiger partial charge in [0.15, 0.2) is 5.11 Å². The van der Waals surface area contributed by atoms with Gasteiger partial charge in [-0.3, -0.25) is 0 Å². The first-order valence-corrected chi connectivity index (χ1v) is 12.4. The summed E-state index contributed by atoms with van der Waals surface area (Å²) < 4.78 is 16.7. The Bertz CT molecular complexity index is 1170. The summed E-state index contributed by atoms with van der Waals surface area (Å²) in [6.07, 6.45) is 1.83. The van der Waals surface area contributed by atoms with Crippen molar-refractivity contribution in [1.82, 2.24) is 20.4 Å². The molecule has 1 aromatic heterocycles. The van der Waals surface area contributed by atoms with Crippen LogP contribution in [0.3, 0.4) is 0 Å². The Balaban J connectivity index is 1.72. The van der Waals surface area contributed by atoms with E-state index in [-0.39, 0.29) is 6.04 Å². The number of rotatable bonds is 10. The van der Waals surface area contributed by atoms with E-state index < -0.39 is 0 Å². The highest BCUT2D eigenvalue weighted by molar-refractivity contribution is 7.80. The molecule has 0 spiro atoms. The number of thiocarbonyl (C=S) groups is 1. The van der Waals surface area contributed by atoms with Crippen LogP contribution in [0.1, 0.15) is 50.3 Å². The van der Waals surface area contributed by atoms with Crippen LogP contribution in [0.25, 0.3) is 17.0 Å². The van der Waals surface area contributed by atoms with Gasteiger partial charge in [-0.25, -0.2) is 0 Å². The molecule has 0 saturated heterocycles. The van der Waals surface area contributed by atoms with E-state index in [0.29, 0.717) is 30.0 Å².